The Bertz CT molecular complexity index is 1170. The molecule has 0 fully saturated rings. The molecule has 1 heterocycles. The lowest BCUT2D eigenvalue weighted by Crippen LogP contribution is -2.40. The first-order chi connectivity index (χ1) is 16.2. The van der Waals surface area contributed by atoms with E-state index in [1.165, 1.54) is 43.5 Å². The molecule has 3 amide bonds. The standard InChI is InChI=1S/C25H25N3O6/c1-15-6-4-7-16(2)22(15)28-21(29)14-26-23(30)17(3)34-25(32)18-9-11-19(12-10-18)27-24(31)20-8-5-13-33-20/h4-13,17H,14H2,1-3H3,(H,26,30)(H,27,31)(H,28,29). The van der Waals surface area contributed by atoms with Crippen molar-refractivity contribution in [2.75, 3.05) is 17.2 Å². The topological polar surface area (TPSA) is 127 Å². The molecule has 9 heteroatoms. The van der Waals surface area contributed by atoms with E-state index >= 15 is 0 Å². The van der Waals surface area contributed by atoms with Gasteiger partial charge in [0.25, 0.3) is 11.8 Å². The molecule has 3 N–H and O–H groups in total. The van der Waals surface area contributed by atoms with Crippen molar-refractivity contribution in [2.24, 2.45) is 0 Å². The first kappa shape index (κ1) is 24.2. The molecule has 0 radical (unpaired) electrons. The van der Waals surface area contributed by atoms with Crippen molar-refractivity contribution in [3.8, 4) is 0 Å². The van der Waals surface area contributed by atoms with Crippen LogP contribution in [-0.4, -0.2) is 36.3 Å². The van der Waals surface area contributed by atoms with Crippen LogP contribution >= 0.6 is 0 Å². The van der Waals surface area contributed by atoms with Crippen LogP contribution in [0.15, 0.2) is 65.3 Å². The Morgan fingerprint density at radius 3 is 2.21 bits per heavy atom. The molecule has 0 aliphatic carbocycles. The van der Waals surface area contributed by atoms with Crippen molar-refractivity contribution >= 4 is 35.1 Å². The summed E-state index contributed by atoms with van der Waals surface area (Å²) in [5, 5.41) is 7.86. The summed E-state index contributed by atoms with van der Waals surface area (Å²) >= 11 is 0. The Morgan fingerprint density at radius 2 is 1.59 bits per heavy atom. The fourth-order valence-corrected chi connectivity index (χ4v) is 3.08. The fourth-order valence-electron chi connectivity index (χ4n) is 3.08. The third-order valence-corrected chi connectivity index (χ3v) is 4.95. The van der Waals surface area contributed by atoms with E-state index in [1.807, 2.05) is 32.0 Å². The molecular weight excluding hydrogens is 438 g/mol. The third-order valence-electron chi connectivity index (χ3n) is 4.95. The molecule has 0 bridgehead atoms. The van der Waals surface area contributed by atoms with E-state index in [4.69, 9.17) is 9.15 Å². The number of anilines is 2. The van der Waals surface area contributed by atoms with Crippen molar-refractivity contribution in [1.82, 2.24) is 5.32 Å². The van der Waals surface area contributed by atoms with E-state index < -0.39 is 29.8 Å². The van der Waals surface area contributed by atoms with Gasteiger partial charge in [0.2, 0.25) is 5.91 Å². The predicted octanol–water partition coefficient (Wildman–Crippen LogP) is 3.45. The summed E-state index contributed by atoms with van der Waals surface area (Å²) in [5.74, 6) is -1.98. The highest BCUT2D eigenvalue weighted by Crippen LogP contribution is 2.19. The average molecular weight is 463 g/mol. The van der Waals surface area contributed by atoms with Gasteiger partial charge in [0.05, 0.1) is 18.4 Å². The summed E-state index contributed by atoms with van der Waals surface area (Å²) in [5.41, 5.74) is 3.18. The van der Waals surface area contributed by atoms with Crippen LogP contribution in [0.5, 0.6) is 0 Å². The number of para-hydroxylation sites is 1. The second kappa shape index (κ2) is 11.0. The minimum absolute atomic E-state index is 0.158. The predicted molar refractivity (Wildman–Crippen MR) is 126 cm³/mol. The number of nitrogens with one attached hydrogen (secondary N) is 3. The van der Waals surface area contributed by atoms with Gasteiger partial charge in [-0.15, -0.1) is 0 Å². The number of aryl methyl sites for hydroxylation is 2. The third kappa shape index (κ3) is 6.32. The van der Waals surface area contributed by atoms with Gasteiger partial charge in [-0.25, -0.2) is 4.79 Å². The zero-order valence-corrected chi connectivity index (χ0v) is 19.0. The molecule has 0 aliphatic heterocycles. The van der Waals surface area contributed by atoms with Gasteiger partial charge in [-0.1, -0.05) is 18.2 Å². The van der Waals surface area contributed by atoms with Gasteiger partial charge in [0, 0.05) is 11.4 Å². The number of hydrogen-bond donors (Lipinski definition) is 3. The lowest BCUT2D eigenvalue weighted by atomic mass is 10.1. The first-order valence-corrected chi connectivity index (χ1v) is 10.5. The van der Waals surface area contributed by atoms with Gasteiger partial charge < -0.3 is 25.1 Å². The molecule has 3 aromatic rings. The van der Waals surface area contributed by atoms with Crippen molar-refractivity contribution < 1.29 is 28.3 Å². The second-order valence-corrected chi connectivity index (χ2v) is 7.59. The maximum atomic E-state index is 12.4. The molecule has 0 aliphatic rings. The Hall–Kier alpha value is -4.40. The van der Waals surface area contributed by atoms with Crippen molar-refractivity contribution in [3.63, 3.8) is 0 Å². The molecule has 0 saturated carbocycles. The van der Waals surface area contributed by atoms with Crippen LogP contribution in [0, 0.1) is 13.8 Å². The van der Waals surface area contributed by atoms with Crippen LogP contribution in [0.2, 0.25) is 0 Å². The summed E-state index contributed by atoms with van der Waals surface area (Å²) in [6.45, 7) is 4.90. The quantitative estimate of drug-likeness (QED) is 0.439. The van der Waals surface area contributed by atoms with Crippen molar-refractivity contribution in [3.05, 3.63) is 83.3 Å². The maximum absolute atomic E-state index is 12.4. The van der Waals surface area contributed by atoms with Crippen LogP contribution in [0.3, 0.4) is 0 Å². The van der Waals surface area contributed by atoms with Gasteiger partial charge in [-0.2, -0.15) is 0 Å². The molecule has 2 aromatic carbocycles. The number of amides is 3. The molecule has 176 valence electrons. The monoisotopic (exact) mass is 463 g/mol. The fraction of sp³-hybridized carbons (Fsp3) is 0.200. The zero-order valence-electron chi connectivity index (χ0n) is 19.0. The summed E-state index contributed by atoms with van der Waals surface area (Å²) < 4.78 is 10.2. The van der Waals surface area contributed by atoms with E-state index in [2.05, 4.69) is 16.0 Å². The van der Waals surface area contributed by atoms with Gasteiger partial charge >= 0.3 is 5.97 Å². The number of furan rings is 1. The number of ether oxygens (including phenoxy) is 1. The van der Waals surface area contributed by atoms with Gasteiger partial charge in [0.15, 0.2) is 11.9 Å². The van der Waals surface area contributed by atoms with Crippen LogP contribution in [0.4, 0.5) is 11.4 Å². The lowest BCUT2D eigenvalue weighted by molar-refractivity contribution is -0.130. The number of carbonyl (C=O) groups is 4. The number of rotatable bonds is 8. The molecule has 34 heavy (non-hydrogen) atoms. The SMILES string of the molecule is Cc1cccc(C)c1NC(=O)CNC(=O)C(C)OC(=O)c1ccc(NC(=O)c2ccco2)cc1. The Balaban J connectivity index is 1.47. The maximum Gasteiger partial charge on any atom is 0.338 e. The zero-order chi connectivity index (χ0) is 24.7. The largest absolute Gasteiger partial charge is 0.459 e. The van der Waals surface area contributed by atoms with E-state index in [-0.39, 0.29) is 17.9 Å². The molecule has 0 saturated heterocycles. The minimum Gasteiger partial charge on any atom is -0.459 e. The van der Waals surface area contributed by atoms with E-state index in [0.717, 1.165) is 11.1 Å². The Kier molecular flexibility index (Phi) is 7.81. The second-order valence-electron chi connectivity index (χ2n) is 7.59. The summed E-state index contributed by atoms with van der Waals surface area (Å²) in [6.07, 6.45) is 0.280. The van der Waals surface area contributed by atoms with E-state index in [0.29, 0.717) is 11.4 Å². The van der Waals surface area contributed by atoms with E-state index in [9.17, 15) is 19.2 Å². The number of benzene rings is 2. The molecule has 9 nitrogen and oxygen atoms in total. The van der Waals surface area contributed by atoms with Crippen molar-refractivity contribution in [2.45, 2.75) is 26.9 Å². The van der Waals surface area contributed by atoms with Crippen molar-refractivity contribution in [1.29, 1.82) is 0 Å². The highest BCUT2D eigenvalue weighted by Gasteiger charge is 2.20. The molecule has 3 rings (SSSR count). The number of esters is 1. The first-order valence-electron chi connectivity index (χ1n) is 10.5. The Morgan fingerprint density at radius 1 is 0.912 bits per heavy atom. The lowest BCUT2D eigenvalue weighted by Gasteiger charge is -2.15. The van der Waals surface area contributed by atoms with Crippen LogP contribution in [0.1, 0.15) is 39.0 Å². The van der Waals surface area contributed by atoms with Crippen LogP contribution < -0.4 is 16.0 Å². The normalized spacial score (nSPS) is 11.3. The van der Waals surface area contributed by atoms with E-state index in [1.54, 1.807) is 6.07 Å². The molecular formula is C25H25N3O6. The average Bonchev–Trinajstić information content (AvgIpc) is 3.35. The summed E-state index contributed by atoms with van der Waals surface area (Å²) in [6, 6.07) is 14.8. The summed E-state index contributed by atoms with van der Waals surface area (Å²) in [7, 11) is 0. The van der Waals surface area contributed by atoms with Crippen LogP contribution in [0.25, 0.3) is 0 Å². The highest BCUT2D eigenvalue weighted by molar-refractivity contribution is 6.02. The number of carbonyl (C=O) groups excluding carboxylic acids is 4. The minimum atomic E-state index is -1.11. The summed E-state index contributed by atoms with van der Waals surface area (Å²) in [4.78, 5) is 48.8. The molecule has 1 atom stereocenters. The Labute approximate surface area is 196 Å². The number of hydrogen-bond acceptors (Lipinski definition) is 6. The van der Waals surface area contributed by atoms with Crippen LogP contribution in [-0.2, 0) is 14.3 Å². The molecule has 1 unspecified atom stereocenters. The van der Waals surface area contributed by atoms with Gasteiger partial charge in [0.1, 0.15) is 0 Å². The smallest absolute Gasteiger partial charge is 0.338 e. The molecule has 1 aromatic heterocycles. The highest BCUT2D eigenvalue weighted by atomic mass is 16.5. The molecule has 0 spiro atoms. The van der Waals surface area contributed by atoms with Gasteiger partial charge in [-0.05, 0) is 68.3 Å². The van der Waals surface area contributed by atoms with Gasteiger partial charge in [-0.3, -0.25) is 14.4 Å².